The number of nitrogens with zero attached hydrogens (tertiary/aromatic N) is 4. The molecule has 0 spiro atoms. The lowest BCUT2D eigenvalue weighted by Gasteiger charge is -2.01. The molecule has 0 aliphatic carbocycles. The molecule has 78 valence electrons. The van der Waals surface area contributed by atoms with E-state index in [2.05, 4.69) is 22.1 Å². The van der Waals surface area contributed by atoms with Crippen LogP contribution < -0.4 is 0 Å². The molecule has 1 heterocycles. The summed E-state index contributed by atoms with van der Waals surface area (Å²) in [6, 6.07) is 0. The number of hydrogen-bond acceptors (Lipinski definition) is 5. The third-order valence-corrected chi connectivity index (χ3v) is 2.56. The Hall–Kier alpha value is -1.38. The molecule has 0 saturated heterocycles. The minimum absolute atomic E-state index is 0.0473. The molecule has 1 aromatic rings. The van der Waals surface area contributed by atoms with Gasteiger partial charge in [-0.15, -0.1) is 6.58 Å². The molecule has 0 unspecified atom stereocenters. The Morgan fingerprint density at radius 3 is 2.71 bits per heavy atom. The van der Waals surface area contributed by atoms with Gasteiger partial charge in [0.15, 0.2) is 0 Å². The number of allylic oxidation sites excluding steroid dienone is 1. The highest BCUT2D eigenvalue weighted by atomic mass is 32.2. The number of hydrogen-bond donors (Lipinski definition) is 0. The van der Waals surface area contributed by atoms with Crippen LogP contribution in [-0.2, 0) is 16.4 Å². The van der Waals surface area contributed by atoms with E-state index in [9.17, 15) is 17.2 Å². The van der Waals surface area contributed by atoms with E-state index in [1.807, 2.05) is 0 Å². The van der Waals surface area contributed by atoms with Gasteiger partial charge >= 0.3 is 5.76 Å². The molecule has 6 nitrogen and oxygen atoms in total. The quantitative estimate of drug-likeness (QED) is 0.665. The second kappa shape index (κ2) is 3.78. The van der Waals surface area contributed by atoms with Crippen LogP contribution in [0, 0.1) is 0 Å². The summed E-state index contributed by atoms with van der Waals surface area (Å²) < 4.78 is 46.8. The monoisotopic (exact) mass is 224 g/mol. The zero-order valence-electron chi connectivity index (χ0n) is 6.84. The van der Waals surface area contributed by atoms with E-state index >= 15 is 0 Å². The summed E-state index contributed by atoms with van der Waals surface area (Å²) in [5.41, 5.74) is 0. The standard InChI is InChI=1S/C5H6F2N4O2S/c1-2-3-11-5(8-9-10-11)14(12,13)4(6)7/h2,4H,1,3H2. The van der Waals surface area contributed by atoms with E-state index in [4.69, 9.17) is 0 Å². The van der Waals surface area contributed by atoms with Crippen molar-refractivity contribution in [3.8, 4) is 0 Å². The first kappa shape index (κ1) is 10.7. The normalized spacial score (nSPS) is 11.9. The highest BCUT2D eigenvalue weighted by Crippen LogP contribution is 2.14. The first-order valence-corrected chi connectivity index (χ1v) is 4.94. The van der Waals surface area contributed by atoms with Crippen molar-refractivity contribution in [2.45, 2.75) is 17.5 Å². The fraction of sp³-hybridized carbons (Fsp3) is 0.400. The Bertz CT molecular complexity index is 427. The van der Waals surface area contributed by atoms with Crippen LogP contribution in [0.5, 0.6) is 0 Å². The first-order chi connectivity index (χ1) is 6.50. The van der Waals surface area contributed by atoms with E-state index in [-0.39, 0.29) is 6.54 Å². The van der Waals surface area contributed by atoms with Crippen molar-refractivity contribution in [2.24, 2.45) is 0 Å². The van der Waals surface area contributed by atoms with Crippen LogP contribution in [0.15, 0.2) is 17.8 Å². The number of halogens is 2. The summed E-state index contributed by atoms with van der Waals surface area (Å²) in [5, 5.41) is 8.38. The summed E-state index contributed by atoms with van der Waals surface area (Å²) in [5.74, 6) is -3.53. The van der Waals surface area contributed by atoms with E-state index < -0.39 is 20.8 Å². The molecule has 1 aromatic heterocycles. The molecule has 0 bridgehead atoms. The molecular weight excluding hydrogens is 218 g/mol. The second-order valence-electron chi connectivity index (χ2n) is 2.24. The molecule has 0 N–H and O–H groups in total. The summed E-state index contributed by atoms with van der Waals surface area (Å²) in [7, 11) is -4.74. The first-order valence-electron chi connectivity index (χ1n) is 3.39. The van der Waals surface area contributed by atoms with Gasteiger partial charge in [0, 0.05) is 0 Å². The molecule has 0 radical (unpaired) electrons. The number of tetrazole rings is 1. The Balaban J connectivity index is 3.19. The summed E-state index contributed by atoms with van der Waals surface area (Å²) in [6.07, 6.45) is 1.29. The summed E-state index contributed by atoms with van der Waals surface area (Å²) >= 11 is 0. The zero-order valence-corrected chi connectivity index (χ0v) is 7.65. The Labute approximate surface area is 78.1 Å². The highest BCUT2D eigenvalue weighted by Gasteiger charge is 2.32. The van der Waals surface area contributed by atoms with Gasteiger partial charge in [-0.2, -0.15) is 8.78 Å². The molecule has 0 atom stereocenters. The third kappa shape index (κ3) is 1.76. The lowest BCUT2D eigenvalue weighted by Crippen LogP contribution is -2.17. The second-order valence-corrected chi connectivity index (χ2v) is 4.05. The van der Waals surface area contributed by atoms with Gasteiger partial charge in [0.05, 0.1) is 6.54 Å². The predicted molar refractivity (Wildman–Crippen MR) is 41.2 cm³/mol. The SMILES string of the molecule is C=CCn1nnnc1S(=O)(=O)C(F)F. The van der Waals surface area contributed by atoms with Crippen molar-refractivity contribution in [3.63, 3.8) is 0 Å². The van der Waals surface area contributed by atoms with Gasteiger partial charge in [0.2, 0.25) is 0 Å². The van der Waals surface area contributed by atoms with Gasteiger partial charge in [0.1, 0.15) is 0 Å². The maximum absolute atomic E-state index is 12.1. The fourth-order valence-corrected chi connectivity index (χ4v) is 1.43. The van der Waals surface area contributed by atoms with Gasteiger partial charge in [-0.05, 0) is 10.4 Å². The third-order valence-electron chi connectivity index (χ3n) is 1.29. The summed E-state index contributed by atoms with van der Waals surface area (Å²) in [6.45, 7) is 3.26. The largest absolute Gasteiger partial charge is 0.344 e. The van der Waals surface area contributed by atoms with Crippen LogP contribution in [0.1, 0.15) is 0 Å². The molecule has 0 fully saturated rings. The van der Waals surface area contributed by atoms with Crippen LogP contribution in [0.3, 0.4) is 0 Å². The molecular formula is C5H6F2N4O2S. The molecule has 0 aliphatic rings. The lowest BCUT2D eigenvalue weighted by atomic mass is 10.6. The van der Waals surface area contributed by atoms with Crippen molar-refractivity contribution in [2.75, 3.05) is 0 Å². The molecule has 9 heteroatoms. The van der Waals surface area contributed by atoms with Gasteiger partial charge in [-0.25, -0.2) is 13.1 Å². The van der Waals surface area contributed by atoms with Crippen LogP contribution >= 0.6 is 0 Å². The van der Waals surface area contributed by atoms with Crippen LogP contribution in [0.4, 0.5) is 8.78 Å². The number of aromatic nitrogens is 4. The number of rotatable bonds is 4. The van der Waals surface area contributed by atoms with Crippen molar-refractivity contribution in [1.82, 2.24) is 20.2 Å². The van der Waals surface area contributed by atoms with E-state index in [0.717, 1.165) is 4.68 Å². The lowest BCUT2D eigenvalue weighted by molar-refractivity contribution is 0.233. The number of sulfone groups is 1. The Morgan fingerprint density at radius 1 is 1.57 bits per heavy atom. The Morgan fingerprint density at radius 2 is 2.21 bits per heavy atom. The zero-order chi connectivity index (χ0) is 10.8. The van der Waals surface area contributed by atoms with E-state index in [0.29, 0.717) is 0 Å². The number of alkyl halides is 2. The van der Waals surface area contributed by atoms with Crippen molar-refractivity contribution in [1.29, 1.82) is 0 Å². The average Bonchev–Trinajstić information content (AvgIpc) is 2.53. The van der Waals surface area contributed by atoms with Crippen molar-refractivity contribution in [3.05, 3.63) is 12.7 Å². The van der Waals surface area contributed by atoms with Crippen LogP contribution in [0.2, 0.25) is 0 Å². The van der Waals surface area contributed by atoms with E-state index in [1.165, 1.54) is 6.08 Å². The Kier molecular flexibility index (Phi) is 2.89. The average molecular weight is 224 g/mol. The van der Waals surface area contributed by atoms with Crippen LogP contribution in [0.25, 0.3) is 0 Å². The highest BCUT2D eigenvalue weighted by molar-refractivity contribution is 7.91. The molecule has 0 aliphatic heterocycles. The van der Waals surface area contributed by atoms with Gasteiger partial charge in [0.25, 0.3) is 15.0 Å². The smallest absolute Gasteiger partial charge is 0.214 e. The molecule has 0 aromatic carbocycles. The molecule has 1 rings (SSSR count). The molecule has 0 amide bonds. The maximum Gasteiger partial charge on any atom is 0.344 e. The van der Waals surface area contributed by atoms with Crippen molar-refractivity contribution >= 4 is 9.84 Å². The van der Waals surface area contributed by atoms with Crippen LogP contribution in [-0.4, -0.2) is 34.4 Å². The minimum atomic E-state index is -4.74. The van der Waals surface area contributed by atoms with Gasteiger partial charge in [-0.1, -0.05) is 11.2 Å². The van der Waals surface area contributed by atoms with E-state index in [1.54, 1.807) is 0 Å². The van der Waals surface area contributed by atoms with Gasteiger partial charge < -0.3 is 0 Å². The minimum Gasteiger partial charge on any atom is -0.214 e. The fourth-order valence-electron chi connectivity index (χ4n) is 0.717. The summed E-state index contributed by atoms with van der Waals surface area (Å²) in [4.78, 5) is 0. The maximum atomic E-state index is 12.1. The van der Waals surface area contributed by atoms with Gasteiger partial charge in [-0.3, -0.25) is 0 Å². The van der Waals surface area contributed by atoms with Crippen molar-refractivity contribution < 1.29 is 17.2 Å². The predicted octanol–water partition coefficient (Wildman–Crippen LogP) is -0.145. The molecule has 14 heavy (non-hydrogen) atoms. The molecule has 0 saturated carbocycles. The topological polar surface area (TPSA) is 77.7 Å².